The Morgan fingerprint density at radius 3 is 2.90 bits per heavy atom. The fourth-order valence-electron chi connectivity index (χ4n) is 2.49. The smallest absolute Gasteiger partial charge is 0.338 e. The third-order valence-corrected chi connectivity index (χ3v) is 3.59. The van der Waals surface area contributed by atoms with E-state index < -0.39 is 5.97 Å². The summed E-state index contributed by atoms with van der Waals surface area (Å²) in [6.45, 7) is 5.42. The van der Waals surface area contributed by atoms with Crippen LogP contribution in [0, 0.1) is 12.8 Å². The summed E-state index contributed by atoms with van der Waals surface area (Å²) in [5.74, 6) is -0.00941. The molecule has 0 bridgehead atoms. The number of benzene rings is 1. The van der Waals surface area contributed by atoms with Gasteiger partial charge in [0.2, 0.25) is 0 Å². The Morgan fingerprint density at radius 2 is 2.20 bits per heavy atom. The van der Waals surface area contributed by atoms with Crippen LogP contribution in [0.25, 0.3) is 0 Å². The Morgan fingerprint density at radius 1 is 1.40 bits per heavy atom. The number of likely N-dealkylation sites (tertiary alicyclic amines) is 1. The standard InChI is InChI=1S/C16H21NO3/c1-12-5-3-7-14(9-12)16(19)20-11-15(18)17-8-4-6-13(2)10-17/h3,5,7,9,13H,4,6,8,10-11H2,1-2H3/t13-/m0/s1. The SMILES string of the molecule is Cc1cccc(C(=O)OCC(=O)N2CCC[C@H](C)C2)c1. The van der Waals surface area contributed by atoms with Crippen molar-refractivity contribution in [1.29, 1.82) is 0 Å². The van der Waals surface area contributed by atoms with Gasteiger partial charge in [0.1, 0.15) is 0 Å². The van der Waals surface area contributed by atoms with Crippen molar-refractivity contribution in [3.8, 4) is 0 Å². The highest BCUT2D eigenvalue weighted by atomic mass is 16.5. The monoisotopic (exact) mass is 275 g/mol. The van der Waals surface area contributed by atoms with Gasteiger partial charge in [0.15, 0.2) is 6.61 Å². The summed E-state index contributed by atoms with van der Waals surface area (Å²) in [6, 6.07) is 7.18. The molecule has 1 aliphatic heterocycles. The number of ether oxygens (including phenoxy) is 1. The van der Waals surface area contributed by atoms with Crippen LogP contribution in [0.4, 0.5) is 0 Å². The van der Waals surface area contributed by atoms with E-state index in [1.165, 1.54) is 0 Å². The number of nitrogens with zero attached hydrogens (tertiary/aromatic N) is 1. The molecule has 108 valence electrons. The molecule has 0 saturated carbocycles. The highest BCUT2D eigenvalue weighted by Gasteiger charge is 2.22. The van der Waals surface area contributed by atoms with Crippen molar-refractivity contribution in [2.45, 2.75) is 26.7 Å². The van der Waals surface area contributed by atoms with Crippen molar-refractivity contribution in [2.24, 2.45) is 5.92 Å². The highest BCUT2D eigenvalue weighted by Crippen LogP contribution is 2.15. The molecule has 0 spiro atoms. The van der Waals surface area contributed by atoms with E-state index in [1.54, 1.807) is 23.1 Å². The molecule has 4 nitrogen and oxygen atoms in total. The molecule has 1 amide bonds. The van der Waals surface area contributed by atoms with Crippen molar-refractivity contribution in [1.82, 2.24) is 4.90 Å². The zero-order chi connectivity index (χ0) is 14.5. The molecular weight excluding hydrogens is 254 g/mol. The van der Waals surface area contributed by atoms with Gasteiger partial charge in [-0.15, -0.1) is 0 Å². The average molecular weight is 275 g/mol. The van der Waals surface area contributed by atoms with E-state index in [0.717, 1.165) is 31.5 Å². The minimum atomic E-state index is -0.438. The molecule has 4 heteroatoms. The summed E-state index contributed by atoms with van der Waals surface area (Å²) >= 11 is 0. The third kappa shape index (κ3) is 3.83. The van der Waals surface area contributed by atoms with Crippen molar-refractivity contribution in [2.75, 3.05) is 19.7 Å². The number of aryl methyl sites for hydroxylation is 1. The molecule has 0 N–H and O–H groups in total. The molecule has 1 aromatic rings. The predicted octanol–water partition coefficient (Wildman–Crippen LogP) is 2.41. The van der Waals surface area contributed by atoms with E-state index in [1.807, 2.05) is 13.0 Å². The van der Waals surface area contributed by atoms with Gasteiger partial charge in [-0.05, 0) is 37.8 Å². The van der Waals surface area contributed by atoms with Crippen molar-refractivity contribution in [3.05, 3.63) is 35.4 Å². The maximum absolute atomic E-state index is 12.0. The second-order valence-electron chi connectivity index (χ2n) is 5.53. The summed E-state index contributed by atoms with van der Waals surface area (Å²) in [4.78, 5) is 25.6. The van der Waals surface area contributed by atoms with Crippen LogP contribution >= 0.6 is 0 Å². The van der Waals surface area contributed by atoms with Gasteiger partial charge in [0.05, 0.1) is 5.56 Å². The number of amides is 1. The second kappa shape index (κ2) is 6.55. The van der Waals surface area contributed by atoms with Crippen LogP contribution in [-0.4, -0.2) is 36.5 Å². The topological polar surface area (TPSA) is 46.6 Å². The fourth-order valence-corrected chi connectivity index (χ4v) is 2.49. The number of hydrogen-bond donors (Lipinski definition) is 0. The molecule has 0 aliphatic carbocycles. The van der Waals surface area contributed by atoms with Crippen LogP contribution in [0.2, 0.25) is 0 Å². The maximum Gasteiger partial charge on any atom is 0.338 e. The van der Waals surface area contributed by atoms with E-state index >= 15 is 0 Å². The Balaban J connectivity index is 1.85. The molecule has 1 fully saturated rings. The molecule has 1 atom stereocenters. The first kappa shape index (κ1) is 14.6. The van der Waals surface area contributed by atoms with Gasteiger partial charge in [0, 0.05) is 13.1 Å². The van der Waals surface area contributed by atoms with E-state index in [-0.39, 0.29) is 12.5 Å². The summed E-state index contributed by atoms with van der Waals surface area (Å²) in [5, 5.41) is 0. The first-order chi connectivity index (χ1) is 9.56. The van der Waals surface area contributed by atoms with E-state index in [4.69, 9.17) is 4.74 Å². The Kier molecular flexibility index (Phi) is 4.77. The molecular formula is C16H21NO3. The lowest BCUT2D eigenvalue weighted by Gasteiger charge is -2.30. The maximum atomic E-state index is 12.0. The molecule has 20 heavy (non-hydrogen) atoms. The van der Waals surface area contributed by atoms with Crippen LogP contribution < -0.4 is 0 Å². The Bertz CT molecular complexity index is 498. The minimum absolute atomic E-state index is 0.0995. The van der Waals surface area contributed by atoms with Gasteiger partial charge in [-0.2, -0.15) is 0 Å². The van der Waals surface area contributed by atoms with Crippen LogP contribution in [0.15, 0.2) is 24.3 Å². The van der Waals surface area contributed by atoms with Gasteiger partial charge in [-0.3, -0.25) is 4.79 Å². The van der Waals surface area contributed by atoms with E-state index in [2.05, 4.69) is 6.92 Å². The van der Waals surface area contributed by atoms with Gasteiger partial charge >= 0.3 is 5.97 Å². The van der Waals surface area contributed by atoms with Gasteiger partial charge in [-0.25, -0.2) is 4.79 Å². The van der Waals surface area contributed by atoms with Crippen molar-refractivity contribution in [3.63, 3.8) is 0 Å². The lowest BCUT2D eigenvalue weighted by atomic mass is 10.0. The summed E-state index contributed by atoms with van der Waals surface area (Å²) < 4.78 is 5.10. The molecule has 1 heterocycles. The number of carbonyl (C=O) groups is 2. The molecule has 2 rings (SSSR count). The van der Waals surface area contributed by atoms with Gasteiger partial charge in [-0.1, -0.05) is 24.6 Å². The number of carbonyl (C=O) groups excluding carboxylic acids is 2. The van der Waals surface area contributed by atoms with Gasteiger partial charge < -0.3 is 9.64 Å². The Labute approximate surface area is 119 Å². The van der Waals surface area contributed by atoms with Crippen molar-refractivity contribution < 1.29 is 14.3 Å². The largest absolute Gasteiger partial charge is 0.452 e. The average Bonchev–Trinajstić information content (AvgIpc) is 2.44. The van der Waals surface area contributed by atoms with E-state index in [0.29, 0.717) is 11.5 Å². The predicted molar refractivity (Wildman–Crippen MR) is 76.4 cm³/mol. The number of piperidine rings is 1. The summed E-state index contributed by atoms with van der Waals surface area (Å²) in [7, 11) is 0. The fraction of sp³-hybridized carbons (Fsp3) is 0.500. The number of hydrogen-bond acceptors (Lipinski definition) is 3. The first-order valence-corrected chi connectivity index (χ1v) is 7.08. The van der Waals surface area contributed by atoms with Crippen LogP contribution in [0.3, 0.4) is 0 Å². The molecule has 0 unspecified atom stereocenters. The second-order valence-corrected chi connectivity index (χ2v) is 5.53. The molecule has 1 aromatic carbocycles. The Hall–Kier alpha value is -1.84. The molecule has 1 aliphatic rings. The van der Waals surface area contributed by atoms with Crippen LogP contribution in [0.1, 0.15) is 35.7 Å². The van der Waals surface area contributed by atoms with Crippen molar-refractivity contribution >= 4 is 11.9 Å². The summed E-state index contributed by atoms with van der Waals surface area (Å²) in [6.07, 6.45) is 2.19. The molecule has 0 radical (unpaired) electrons. The normalized spacial score (nSPS) is 18.7. The lowest BCUT2D eigenvalue weighted by Crippen LogP contribution is -2.41. The zero-order valence-electron chi connectivity index (χ0n) is 12.1. The zero-order valence-corrected chi connectivity index (χ0v) is 12.1. The molecule has 1 saturated heterocycles. The van der Waals surface area contributed by atoms with Crippen LogP contribution in [-0.2, 0) is 9.53 Å². The lowest BCUT2D eigenvalue weighted by molar-refractivity contribution is -0.136. The van der Waals surface area contributed by atoms with Gasteiger partial charge in [0.25, 0.3) is 5.91 Å². The number of esters is 1. The van der Waals surface area contributed by atoms with E-state index in [9.17, 15) is 9.59 Å². The minimum Gasteiger partial charge on any atom is -0.452 e. The third-order valence-electron chi connectivity index (χ3n) is 3.59. The first-order valence-electron chi connectivity index (χ1n) is 7.08. The summed E-state index contributed by atoms with van der Waals surface area (Å²) in [5.41, 5.74) is 1.49. The van der Waals surface area contributed by atoms with Crippen LogP contribution in [0.5, 0.6) is 0 Å². The highest BCUT2D eigenvalue weighted by molar-refractivity contribution is 5.91. The quantitative estimate of drug-likeness (QED) is 0.796. The number of rotatable bonds is 3. The molecule has 0 aromatic heterocycles.